The van der Waals surface area contributed by atoms with Crippen LogP contribution in [0.1, 0.15) is 37.8 Å². The van der Waals surface area contributed by atoms with Crippen LogP contribution in [0.3, 0.4) is 0 Å². The third-order valence-electron chi connectivity index (χ3n) is 3.81. The van der Waals surface area contributed by atoms with Gasteiger partial charge in [-0.15, -0.1) is 6.58 Å². The molecular formula is C14H20N2. The van der Waals surface area contributed by atoms with Crippen LogP contribution in [-0.2, 0) is 5.41 Å². The summed E-state index contributed by atoms with van der Waals surface area (Å²) in [4.78, 5) is 4.52. The summed E-state index contributed by atoms with van der Waals surface area (Å²) < 4.78 is 0. The van der Waals surface area contributed by atoms with Crippen molar-refractivity contribution in [3.8, 4) is 0 Å². The highest BCUT2D eigenvalue weighted by Gasteiger charge is 2.39. The first-order chi connectivity index (χ1) is 7.79. The smallest absolute Gasteiger partial charge is 0.0484 e. The topological polar surface area (TPSA) is 38.9 Å². The molecular weight excluding hydrogens is 196 g/mol. The molecule has 2 heteroatoms. The lowest BCUT2D eigenvalue weighted by Gasteiger charge is -2.40. The van der Waals surface area contributed by atoms with E-state index in [0.717, 1.165) is 18.5 Å². The first-order valence-corrected chi connectivity index (χ1v) is 6.09. The van der Waals surface area contributed by atoms with E-state index < -0.39 is 0 Å². The summed E-state index contributed by atoms with van der Waals surface area (Å²) in [6.07, 6.45) is 9.82. The lowest BCUT2D eigenvalue weighted by molar-refractivity contribution is 0.261. The molecule has 86 valence electrons. The van der Waals surface area contributed by atoms with Gasteiger partial charge in [0.25, 0.3) is 0 Å². The zero-order valence-corrected chi connectivity index (χ0v) is 9.73. The van der Waals surface area contributed by atoms with E-state index in [-0.39, 0.29) is 11.5 Å². The summed E-state index contributed by atoms with van der Waals surface area (Å²) in [5.74, 6) is 0. The van der Waals surface area contributed by atoms with Gasteiger partial charge in [0.05, 0.1) is 0 Å². The number of aromatic nitrogens is 1. The highest BCUT2D eigenvalue weighted by atomic mass is 14.8. The first kappa shape index (κ1) is 11.3. The van der Waals surface area contributed by atoms with Gasteiger partial charge in [-0.25, -0.2) is 0 Å². The molecule has 2 rings (SSSR count). The van der Waals surface area contributed by atoms with E-state index >= 15 is 0 Å². The Morgan fingerprint density at radius 2 is 2.06 bits per heavy atom. The van der Waals surface area contributed by atoms with Gasteiger partial charge in [-0.3, -0.25) is 4.98 Å². The zero-order chi connectivity index (χ0) is 11.4. The third kappa shape index (κ3) is 1.90. The summed E-state index contributed by atoms with van der Waals surface area (Å²) in [7, 11) is 0. The van der Waals surface area contributed by atoms with E-state index in [1.165, 1.54) is 19.3 Å². The lowest BCUT2D eigenvalue weighted by Crippen LogP contribution is -2.46. The van der Waals surface area contributed by atoms with Gasteiger partial charge in [0.2, 0.25) is 0 Å². The van der Waals surface area contributed by atoms with E-state index in [1.54, 1.807) is 0 Å². The highest BCUT2D eigenvalue weighted by Crippen LogP contribution is 2.40. The summed E-state index contributed by atoms with van der Waals surface area (Å²) >= 11 is 0. The van der Waals surface area contributed by atoms with Crippen molar-refractivity contribution in [2.75, 3.05) is 0 Å². The molecule has 2 N–H and O–H groups in total. The summed E-state index contributed by atoms with van der Waals surface area (Å²) in [5, 5.41) is 0. The molecule has 1 aromatic heterocycles. The molecule has 1 saturated carbocycles. The zero-order valence-electron chi connectivity index (χ0n) is 9.73. The van der Waals surface area contributed by atoms with Crippen LogP contribution in [0.25, 0.3) is 0 Å². The minimum atomic E-state index is 0.0164. The van der Waals surface area contributed by atoms with Crippen LogP contribution in [-0.4, -0.2) is 11.0 Å². The third-order valence-corrected chi connectivity index (χ3v) is 3.81. The normalized spacial score (nSPS) is 21.3. The predicted molar refractivity (Wildman–Crippen MR) is 67.2 cm³/mol. The molecule has 0 spiro atoms. The van der Waals surface area contributed by atoms with Crippen LogP contribution in [0, 0.1) is 0 Å². The maximum Gasteiger partial charge on any atom is 0.0484 e. The quantitative estimate of drug-likeness (QED) is 0.789. The van der Waals surface area contributed by atoms with Crippen LogP contribution in [0.4, 0.5) is 0 Å². The SMILES string of the molecule is C=CC(N)C1(c2ccccn2)CCCCC1. The van der Waals surface area contributed by atoms with Gasteiger partial charge < -0.3 is 5.73 Å². The molecule has 1 aliphatic rings. The Labute approximate surface area is 97.6 Å². The summed E-state index contributed by atoms with van der Waals surface area (Å²) in [6.45, 7) is 3.85. The van der Waals surface area contributed by atoms with Gasteiger partial charge in [-0.1, -0.05) is 31.4 Å². The Morgan fingerprint density at radius 3 is 2.62 bits per heavy atom. The average Bonchev–Trinajstić information content (AvgIpc) is 2.39. The maximum atomic E-state index is 6.26. The van der Waals surface area contributed by atoms with Crippen molar-refractivity contribution in [3.63, 3.8) is 0 Å². The molecule has 2 nitrogen and oxygen atoms in total. The molecule has 0 aromatic carbocycles. The van der Waals surface area contributed by atoms with E-state index in [4.69, 9.17) is 5.73 Å². The molecule has 0 bridgehead atoms. The van der Waals surface area contributed by atoms with Crippen LogP contribution in [0.5, 0.6) is 0 Å². The van der Waals surface area contributed by atoms with Gasteiger partial charge in [0, 0.05) is 23.3 Å². The van der Waals surface area contributed by atoms with E-state index in [0.29, 0.717) is 0 Å². The second-order valence-electron chi connectivity index (χ2n) is 4.69. The Morgan fingerprint density at radius 1 is 1.31 bits per heavy atom. The maximum absolute atomic E-state index is 6.26. The number of nitrogens with zero attached hydrogens (tertiary/aromatic N) is 1. The number of nitrogens with two attached hydrogens (primary N) is 1. The predicted octanol–water partition coefficient (Wildman–Crippen LogP) is 2.80. The molecule has 1 unspecified atom stereocenters. The van der Waals surface area contributed by atoms with Gasteiger partial charge in [0.1, 0.15) is 0 Å². The first-order valence-electron chi connectivity index (χ1n) is 6.09. The molecule has 1 aliphatic carbocycles. The fourth-order valence-electron chi connectivity index (χ4n) is 2.83. The van der Waals surface area contributed by atoms with Crippen LogP contribution < -0.4 is 5.73 Å². The Kier molecular flexibility index (Phi) is 3.39. The summed E-state index contributed by atoms with van der Waals surface area (Å²) in [6, 6.07) is 6.13. The fourth-order valence-corrected chi connectivity index (χ4v) is 2.83. The van der Waals surface area contributed by atoms with Crippen molar-refractivity contribution in [1.82, 2.24) is 4.98 Å². The molecule has 0 radical (unpaired) electrons. The molecule has 1 aromatic rings. The van der Waals surface area contributed by atoms with Gasteiger partial charge in [0.15, 0.2) is 0 Å². The molecule has 0 saturated heterocycles. The van der Waals surface area contributed by atoms with Crippen molar-refractivity contribution in [3.05, 3.63) is 42.7 Å². The van der Waals surface area contributed by atoms with Gasteiger partial charge >= 0.3 is 0 Å². The number of pyridine rings is 1. The van der Waals surface area contributed by atoms with Crippen molar-refractivity contribution >= 4 is 0 Å². The van der Waals surface area contributed by atoms with Crippen LogP contribution in [0.15, 0.2) is 37.1 Å². The molecule has 0 aliphatic heterocycles. The number of hydrogen-bond acceptors (Lipinski definition) is 2. The minimum Gasteiger partial charge on any atom is -0.324 e. The Balaban J connectivity index is 2.37. The van der Waals surface area contributed by atoms with Crippen LogP contribution in [0.2, 0.25) is 0 Å². The van der Waals surface area contributed by atoms with Crippen molar-refractivity contribution in [2.24, 2.45) is 5.73 Å². The van der Waals surface area contributed by atoms with Gasteiger partial charge in [-0.05, 0) is 25.0 Å². The minimum absolute atomic E-state index is 0.0164. The molecule has 1 heterocycles. The summed E-state index contributed by atoms with van der Waals surface area (Å²) in [5.41, 5.74) is 7.43. The average molecular weight is 216 g/mol. The molecule has 16 heavy (non-hydrogen) atoms. The monoisotopic (exact) mass is 216 g/mol. The standard InChI is InChI=1S/C14H20N2/c1-2-12(15)14(9-5-3-6-10-14)13-8-4-7-11-16-13/h2,4,7-8,11-12H,1,3,5-6,9-10,15H2. The van der Waals surface area contributed by atoms with Crippen LogP contribution >= 0.6 is 0 Å². The Hall–Kier alpha value is -1.15. The van der Waals surface area contributed by atoms with E-state index in [2.05, 4.69) is 23.7 Å². The number of rotatable bonds is 3. The fraction of sp³-hybridized carbons (Fsp3) is 0.500. The van der Waals surface area contributed by atoms with E-state index in [1.807, 2.05) is 18.3 Å². The highest BCUT2D eigenvalue weighted by molar-refractivity contribution is 5.23. The van der Waals surface area contributed by atoms with Crippen molar-refractivity contribution < 1.29 is 0 Å². The van der Waals surface area contributed by atoms with Crippen molar-refractivity contribution in [1.29, 1.82) is 0 Å². The van der Waals surface area contributed by atoms with Crippen molar-refractivity contribution in [2.45, 2.75) is 43.6 Å². The number of hydrogen-bond donors (Lipinski definition) is 1. The Bertz CT molecular complexity index is 339. The second-order valence-corrected chi connectivity index (χ2v) is 4.69. The molecule has 1 atom stereocenters. The molecule has 1 fully saturated rings. The van der Waals surface area contributed by atoms with E-state index in [9.17, 15) is 0 Å². The second kappa shape index (κ2) is 4.79. The molecule has 0 amide bonds. The lowest BCUT2D eigenvalue weighted by atomic mass is 9.67. The van der Waals surface area contributed by atoms with Gasteiger partial charge in [-0.2, -0.15) is 0 Å². The largest absolute Gasteiger partial charge is 0.324 e.